The van der Waals surface area contributed by atoms with Gasteiger partial charge in [-0.2, -0.15) is 0 Å². The average molecular weight is 280 g/mol. The number of hydrogen-bond donors (Lipinski definition) is 1. The van der Waals surface area contributed by atoms with Crippen molar-refractivity contribution < 1.29 is 9.13 Å². The molecule has 19 heavy (non-hydrogen) atoms. The molecule has 0 saturated heterocycles. The monoisotopic (exact) mass is 279 g/mol. The Morgan fingerprint density at radius 3 is 2.63 bits per heavy atom. The van der Waals surface area contributed by atoms with Gasteiger partial charge in [0.25, 0.3) is 0 Å². The molecule has 100 valence electrons. The van der Waals surface area contributed by atoms with E-state index in [1.165, 1.54) is 6.07 Å². The zero-order valence-electron chi connectivity index (χ0n) is 10.4. The lowest BCUT2D eigenvalue weighted by atomic mass is 10.1. The number of rotatable bonds is 5. The van der Waals surface area contributed by atoms with E-state index in [0.29, 0.717) is 22.9 Å². The minimum atomic E-state index is -0.358. The summed E-state index contributed by atoms with van der Waals surface area (Å²) in [6, 6.07) is 12.2. The minimum absolute atomic E-state index is 0.104. The van der Waals surface area contributed by atoms with Crippen LogP contribution in [0.3, 0.4) is 0 Å². The Bertz CT molecular complexity index is 539. The summed E-state index contributed by atoms with van der Waals surface area (Å²) in [5.74, 6) is 0.357. The van der Waals surface area contributed by atoms with Gasteiger partial charge in [-0.1, -0.05) is 35.9 Å². The van der Waals surface area contributed by atoms with Crippen LogP contribution in [-0.4, -0.2) is 6.54 Å². The van der Waals surface area contributed by atoms with Gasteiger partial charge in [0.05, 0.1) is 5.02 Å². The molecule has 0 radical (unpaired) electrons. The first-order chi connectivity index (χ1) is 9.22. The minimum Gasteiger partial charge on any atom is -0.488 e. The second-order valence-electron chi connectivity index (χ2n) is 4.14. The predicted molar refractivity (Wildman–Crippen MR) is 74.9 cm³/mol. The number of hydrogen-bond acceptors (Lipinski definition) is 2. The van der Waals surface area contributed by atoms with Gasteiger partial charge in [0.2, 0.25) is 0 Å². The van der Waals surface area contributed by atoms with E-state index in [9.17, 15) is 4.39 Å². The Hall–Kier alpha value is -1.58. The highest BCUT2D eigenvalue weighted by Gasteiger charge is 2.09. The van der Waals surface area contributed by atoms with E-state index in [1.54, 1.807) is 12.1 Å². The van der Waals surface area contributed by atoms with Crippen LogP contribution in [0.25, 0.3) is 0 Å². The van der Waals surface area contributed by atoms with Crippen LogP contribution >= 0.6 is 11.6 Å². The molecule has 0 aromatic heterocycles. The Kier molecular flexibility index (Phi) is 4.77. The standard InChI is InChI=1S/C15H15ClFNO/c16-13-5-3-6-14(17)12(13)10-19-15-7-2-1-4-11(15)8-9-18/h1-7H,8-10,18H2. The lowest BCUT2D eigenvalue weighted by Gasteiger charge is -2.12. The highest BCUT2D eigenvalue weighted by molar-refractivity contribution is 6.31. The molecular weight excluding hydrogens is 265 g/mol. The van der Waals surface area contributed by atoms with E-state index in [0.717, 1.165) is 12.0 Å². The van der Waals surface area contributed by atoms with Gasteiger partial charge in [-0.25, -0.2) is 4.39 Å². The summed E-state index contributed by atoms with van der Waals surface area (Å²) in [6.45, 7) is 0.647. The zero-order chi connectivity index (χ0) is 13.7. The fourth-order valence-corrected chi connectivity index (χ4v) is 2.04. The first-order valence-corrected chi connectivity index (χ1v) is 6.44. The van der Waals surface area contributed by atoms with E-state index < -0.39 is 0 Å². The molecule has 0 heterocycles. The summed E-state index contributed by atoms with van der Waals surface area (Å²) in [6.07, 6.45) is 0.723. The topological polar surface area (TPSA) is 35.2 Å². The molecule has 0 aliphatic carbocycles. The maximum Gasteiger partial charge on any atom is 0.131 e. The van der Waals surface area contributed by atoms with Gasteiger partial charge in [-0.05, 0) is 36.7 Å². The fourth-order valence-electron chi connectivity index (χ4n) is 1.83. The summed E-state index contributed by atoms with van der Waals surface area (Å²) in [7, 11) is 0. The molecule has 2 aromatic carbocycles. The molecule has 0 atom stereocenters. The van der Waals surface area contributed by atoms with Crippen molar-refractivity contribution in [1.82, 2.24) is 0 Å². The summed E-state index contributed by atoms with van der Waals surface area (Å²) >= 11 is 5.96. The molecule has 2 rings (SSSR count). The van der Waals surface area contributed by atoms with E-state index in [4.69, 9.17) is 22.1 Å². The second kappa shape index (κ2) is 6.55. The van der Waals surface area contributed by atoms with Gasteiger partial charge in [0.15, 0.2) is 0 Å². The van der Waals surface area contributed by atoms with Crippen LogP contribution in [-0.2, 0) is 13.0 Å². The Balaban J connectivity index is 2.15. The zero-order valence-corrected chi connectivity index (χ0v) is 11.2. The number of ether oxygens (including phenoxy) is 1. The Morgan fingerprint density at radius 1 is 1.11 bits per heavy atom. The maximum atomic E-state index is 13.6. The quantitative estimate of drug-likeness (QED) is 0.908. The third kappa shape index (κ3) is 3.46. The molecule has 0 bridgehead atoms. The second-order valence-corrected chi connectivity index (χ2v) is 4.54. The molecular formula is C15H15ClFNO. The van der Waals surface area contributed by atoms with Crippen LogP contribution in [0.2, 0.25) is 5.02 Å². The van der Waals surface area contributed by atoms with Crippen molar-refractivity contribution in [2.24, 2.45) is 5.73 Å². The number of halogens is 2. The van der Waals surface area contributed by atoms with E-state index in [-0.39, 0.29) is 12.4 Å². The molecule has 4 heteroatoms. The van der Waals surface area contributed by atoms with Gasteiger partial charge in [-0.15, -0.1) is 0 Å². The Labute approximate surface area is 117 Å². The summed E-state index contributed by atoms with van der Waals surface area (Å²) in [5, 5.41) is 0.372. The molecule has 0 fully saturated rings. The normalized spacial score (nSPS) is 10.5. The first kappa shape index (κ1) is 13.8. The summed E-state index contributed by atoms with van der Waals surface area (Å²) in [5.41, 5.74) is 6.93. The SMILES string of the molecule is NCCc1ccccc1OCc1c(F)cccc1Cl. The highest BCUT2D eigenvalue weighted by atomic mass is 35.5. The fraction of sp³-hybridized carbons (Fsp3) is 0.200. The third-order valence-electron chi connectivity index (χ3n) is 2.82. The average Bonchev–Trinajstić information content (AvgIpc) is 2.40. The Morgan fingerprint density at radius 2 is 1.89 bits per heavy atom. The van der Waals surface area contributed by atoms with Crippen molar-refractivity contribution in [2.45, 2.75) is 13.0 Å². The smallest absolute Gasteiger partial charge is 0.131 e. The molecule has 0 aliphatic rings. The molecule has 2 aromatic rings. The van der Waals surface area contributed by atoms with Crippen molar-refractivity contribution >= 4 is 11.6 Å². The van der Waals surface area contributed by atoms with Crippen molar-refractivity contribution in [3.63, 3.8) is 0 Å². The lowest BCUT2D eigenvalue weighted by Crippen LogP contribution is -2.06. The molecule has 2 nitrogen and oxygen atoms in total. The van der Waals surface area contributed by atoms with E-state index >= 15 is 0 Å². The van der Waals surface area contributed by atoms with Crippen LogP contribution < -0.4 is 10.5 Å². The van der Waals surface area contributed by atoms with Gasteiger partial charge >= 0.3 is 0 Å². The van der Waals surface area contributed by atoms with Crippen molar-refractivity contribution in [1.29, 1.82) is 0 Å². The first-order valence-electron chi connectivity index (χ1n) is 6.06. The van der Waals surface area contributed by atoms with Crippen LogP contribution in [0.1, 0.15) is 11.1 Å². The summed E-state index contributed by atoms with van der Waals surface area (Å²) in [4.78, 5) is 0. The van der Waals surface area contributed by atoms with Crippen LogP contribution in [0, 0.1) is 5.82 Å². The van der Waals surface area contributed by atoms with Crippen molar-refractivity contribution in [3.05, 3.63) is 64.4 Å². The third-order valence-corrected chi connectivity index (χ3v) is 3.17. The number of para-hydroxylation sites is 1. The largest absolute Gasteiger partial charge is 0.488 e. The van der Waals surface area contributed by atoms with Crippen molar-refractivity contribution in [2.75, 3.05) is 6.54 Å². The molecule has 0 saturated carbocycles. The number of nitrogens with two attached hydrogens (primary N) is 1. The van der Waals surface area contributed by atoms with Gasteiger partial charge in [0.1, 0.15) is 18.2 Å². The van der Waals surface area contributed by atoms with Crippen LogP contribution in [0.4, 0.5) is 4.39 Å². The molecule has 0 unspecified atom stereocenters. The van der Waals surface area contributed by atoms with E-state index in [1.807, 2.05) is 24.3 Å². The van der Waals surface area contributed by atoms with Crippen LogP contribution in [0.5, 0.6) is 5.75 Å². The molecule has 0 spiro atoms. The lowest BCUT2D eigenvalue weighted by molar-refractivity contribution is 0.297. The van der Waals surface area contributed by atoms with Gasteiger partial charge in [-0.3, -0.25) is 0 Å². The van der Waals surface area contributed by atoms with Gasteiger partial charge in [0, 0.05) is 5.56 Å². The summed E-state index contributed by atoms with van der Waals surface area (Å²) < 4.78 is 19.3. The van der Waals surface area contributed by atoms with E-state index in [2.05, 4.69) is 0 Å². The predicted octanol–water partition coefficient (Wildman–Crippen LogP) is 3.56. The van der Waals surface area contributed by atoms with Crippen molar-refractivity contribution in [3.8, 4) is 5.75 Å². The molecule has 0 amide bonds. The maximum absolute atomic E-state index is 13.6. The van der Waals surface area contributed by atoms with Crippen LogP contribution in [0.15, 0.2) is 42.5 Å². The molecule has 2 N–H and O–H groups in total. The molecule has 0 aliphatic heterocycles. The number of benzene rings is 2. The highest BCUT2D eigenvalue weighted by Crippen LogP contribution is 2.23. The van der Waals surface area contributed by atoms with Gasteiger partial charge < -0.3 is 10.5 Å².